The van der Waals surface area contributed by atoms with Crippen LogP contribution in [0.25, 0.3) is 11.4 Å². The Morgan fingerprint density at radius 1 is 1.18 bits per heavy atom. The van der Waals surface area contributed by atoms with Gasteiger partial charge in [-0.05, 0) is 30.3 Å². The highest BCUT2D eigenvalue weighted by Crippen LogP contribution is 2.18. The molecule has 2 aromatic heterocycles. The van der Waals surface area contributed by atoms with Crippen molar-refractivity contribution in [3.63, 3.8) is 0 Å². The van der Waals surface area contributed by atoms with Crippen LogP contribution < -0.4 is 5.32 Å². The van der Waals surface area contributed by atoms with E-state index in [9.17, 15) is 4.79 Å². The van der Waals surface area contributed by atoms with Gasteiger partial charge in [0.1, 0.15) is 5.69 Å². The lowest BCUT2D eigenvalue weighted by atomic mass is 10.2. The largest absolute Gasteiger partial charge is 0.320 e. The molecule has 0 aliphatic heterocycles. The van der Waals surface area contributed by atoms with Crippen LogP contribution in [0.1, 0.15) is 10.4 Å². The number of hydrogen-bond acceptors (Lipinski definition) is 3. The third-order valence-corrected chi connectivity index (χ3v) is 3.35. The fraction of sp³-hybridized carbons (Fsp3) is 0.0625. The molecule has 0 saturated carbocycles. The number of anilines is 1. The molecule has 0 unspecified atom stereocenters. The number of rotatable bonds is 3. The number of nitrogens with one attached hydrogen (secondary N) is 1. The Labute approximate surface area is 132 Å². The molecular weight excluding hydrogens is 300 g/mol. The van der Waals surface area contributed by atoms with E-state index >= 15 is 0 Å². The Morgan fingerprint density at radius 3 is 2.77 bits per heavy atom. The molecule has 5 nitrogen and oxygen atoms in total. The molecule has 0 saturated heterocycles. The molecule has 0 atom stereocenters. The van der Waals surface area contributed by atoms with Crippen molar-refractivity contribution >= 4 is 23.5 Å². The van der Waals surface area contributed by atoms with Gasteiger partial charge in [0.05, 0.1) is 5.69 Å². The van der Waals surface area contributed by atoms with Crippen LogP contribution in [0.4, 0.5) is 5.95 Å². The molecule has 22 heavy (non-hydrogen) atoms. The Balaban J connectivity index is 1.84. The maximum absolute atomic E-state index is 12.2. The first-order valence-corrected chi connectivity index (χ1v) is 7.03. The van der Waals surface area contributed by atoms with E-state index in [1.165, 1.54) is 0 Å². The van der Waals surface area contributed by atoms with Crippen molar-refractivity contribution in [1.29, 1.82) is 0 Å². The second-order valence-electron chi connectivity index (χ2n) is 4.74. The summed E-state index contributed by atoms with van der Waals surface area (Å²) in [6.45, 7) is 0. The maximum Gasteiger partial charge on any atom is 0.258 e. The van der Waals surface area contributed by atoms with Crippen molar-refractivity contribution in [1.82, 2.24) is 14.5 Å². The molecule has 0 fully saturated rings. The molecule has 3 aromatic rings. The molecule has 6 heteroatoms. The van der Waals surface area contributed by atoms with Crippen molar-refractivity contribution in [2.24, 2.45) is 7.05 Å². The van der Waals surface area contributed by atoms with Crippen molar-refractivity contribution in [3.8, 4) is 11.4 Å². The van der Waals surface area contributed by atoms with Crippen molar-refractivity contribution in [3.05, 3.63) is 65.4 Å². The lowest BCUT2D eigenvalue weighted by Crippen LogP contribution is -2.14. The van der Waals surface area contributed by atoms with E-state index in [4.69, 9.17) is 11.6 Å². The third-order valence-electron chi connectivity index (χ3n) is 3.12. The van der Waals surface area contributed by atoms with Crippen LogP contribution in [0, 0.1) is 0 Å². The van der Waals surface area contributed by atoms with Crippen molar-refractivity contribution < 1.29 is 4.79 Å². The van der Waals surface area contributed by atoms with Crippen LogP contribution in [0.3, 0.4) is 0 Å². The number of hydrogen-bond donors (Lipinski definition) is 1. The minimum absolute atomic E-state index is 0.260. The van der Waals surface area contributed by atoms with Crippen LogP contribution in [-0.2, 0) is 7.05 Å². The highest BCUT2D eigenvalue weighted by atomic mass is 35.5. The van der Waals surface area contributed by atoms with E-state index in [-0.39, 0.29) is 5.91 Å². The third kappa shape index (κ3) is 2.99. The highest BCUT2D eigenvalue weighted by molar-refractivity contribution is 6.31. The number of benzene rings is 1. The molecule has 1 aromatic carbocycles. The summed E-state index contributed by atoms with van der Waals surface area (Å²) in [6.07, 6.45) is 3.52. The van der Waals surface area contributed by atoms with Gasteiger partial charge in [-0.2, -0.15) is 0 Å². The Morgan fingerprint density at radius 2 is 2.05 bits per heavy atom. The Kier molecular flexibility index (Phi) is 3.89. The fourth-order valence-corrected chi connectivity index (χ4v) is 2.21. The molecule has 0 spiro atoms. The second-order valence-corrected chi connectivity index (χ2v) is 5.18. The van der Waals surface area contributed by atoms with Crippen LogP contribution in [0.2, 0.25) is 5.02 Å². The summed E-state index contributed by atoms with van der Waals surface area (Å²) in [4.78, 5) is 20.9. The van der Waals surface area contributed by atoms with Gasteiger partial charge in [-0.3, -0.25) is 15.1 Å². The minimum atomic E-state index is -0.260. The van der Waals surface area contributed by atoms with Gasteiger partial charge < -0.3 is 4.57 Å². The molecule has 110 valence electrons. The second kappa shape index (κ2) is 5.99. The van der Waals surface area contributed by atoms with Crippen LogP contribution >= 0.6 is 11.6 Å². The standard InChI is InChI=1S/C16H13ClN4O/c1-21-10-14(13-7-2-3-8-18-13)19-16(21)20-15(22)11-5-4-6-12(17)9-11/h2-10H,1H3,(H,19,20,22). The predicted octanol–water partition coefficient (Wildman–Crippen LogP) is 3.39. The first-order chi connectivity index (χ1) is 10.6. The number of aryl methyl sites for hydroxylation is 1. The number of carbonyl (C=O) groups is 1. The monoisotopic (exact) mass is 312 g/mol. The Bertz CT molecular complexity index is 814. The maximum atomic E-state index is 12.2. The van der Waals surface area contributed by atoms with Gasteiger partial charge in [0.2, 0.25) is 5.95 Å². The summed E-state index contributed by atoms with van der Waals surface area (Å²) in [7, 11) is 1.81. The number of aromatic nitrogens is 3. The SMILES string of the molecule is Cn1cc(-c2ccccn2)nc1NC(=O)c1cccc(Cl)c1. The summed E-state index contributed by atoms with van der Waals surface area (Å²) in [5.74, 6) is 0.189. The van der Waals surface area contributed by atoms with Gasteiger partial charge in [-0.15, -0.1) is 0 Å². The summed E-state index contributed by atoms with van der Waals surface area (Å²) >= 11 is 5.90. The number of imidazole rings is 1. The number of halogens is 1. The van der Waals surface area contributed by atoms with Gasteiger partial charge in [-0.1, -0.05) is 23.7 Å². The van der Waals surface area contributed by atoms with Crippen molar-refractivity contribution in [2.75, 3.05) is 5.32 Å². The first-order valence-electron chi connectivity index (χ1n) is 6.65. The molecular formula is C16H13ClN4O. The minimum Gasteiger partial charge on any atom is -0.320 e. The zero-order valence-electron chi connectivity index (χ0n) is 11.8. The fourth-order valence-electron chi connectivity index (χ4n) is 2.02. The van der Waals surface area contributed by atoms with Gasteiger partial charge in [0.25, 0.3) is 5.91 Å². The van der Waals surface area contributed by atoms with Gasteiger partial charge in [-0.25, -0.2) is 4.98 Å². The molecule has 0 radical (unpaired) electrons. The lowest BCUT2D eigenvalue weighted by Gasteiger charge is -2.04. The van der Waals surface area contributed by atoms with Crippen LogP contribution in [-0.4, -0.2) is 20.4 Å². The predicted molar refractivity (Wildman–Crippen MR) is 85.8 cm³/mol. The zero-order valence-corrected chi connectivity index (χ0v) is 12.6. The normalized spacial score (nSPS) is 10.5. The van der Waals surface area contributed by atoms with E-state index < -0.39 is 0 Å². The lowest BCUT2D eigenvalue weighted by molar-refractivity contribution is 0.102. The molecule has 1 N–H and O–H groups in total. The van der Waals surface area contributed by atoms with Gasteiger partial charge >= 0.3 is 0 Å². The zero-order chi connectivity index (χ0) is 15.5. The van der Waals surface area contributed by atoms with E-state index in [2.05, 4.69) is 15.3 Å². The molecule has 0 aliphatic carbocycles. The van der Waals surface area contributed by atoms with Gasteiger partial charge in [0, 0.05) is 30.0 Å². The van der Waals surface area contributed by atoms with Crippen LogP contribution in [0.5, 0.6) is 0 Å². The molecule has 2 heterocycles. The van der Waals surface area contributed by atoms with E-state index in [0.717, 1.165) is 5.69 Å². The first kappa shape index (κ1) is 14.3. The molecule has 1 amide bonds. The summed E-state index contributed by atoms with van der Waals surface area (Å²) in [6, 6.07) is 12.4. The number of pyridine rings is 1. The van der Waals surface area contributed by atoms with Crippen molar-refractivity contribution in [2.45, 2.75) is 0 Å². The summed E-state index contributed by atoms with van der Waals surface area (Å²) in [5, 5.41) is 3.29. The average molecular weight is 313 g/mol. The number of carbonyl (C=O) groups excluding carboxylic acids is 1. The number of nitrogens with zero attached hydrogens (tertiary/aromatic N) is 3. The van der Waals surface area contributed by atoms with E-state index in [1.54, 1.807) is 35.0 Å². The molecule has 0 bridgehead atoms. The number of amides is 1. The Hall–Kier alpha value is -2.66. The smallest absolute Gasteiger partial charge is 0.258 e. The quantitative estimate of drug-likeness (QED) is 0.806. The van der Waals surface area contributed by atoms with E-state index in [1.807, 2.05) is 31.4 Å². The summed E-state index contributed by atoms with van der Waals surface area (Å²) in [5.41, 5.74) is 1.93. The topological polar surface area (TPSA) is 59.8 Å². The molecule has 3 rings (SSSR count). The van der Waals surface area contributed by atoms with E-state index in [0.29, 0.717) is 22.2 Å². The highest BCUT2D eigenvalue weighted by Gasteiger charge is 2.12. The molecule has 0 aliphatic rings. The average Bonchev–Trinajstić information content (AvgIpc) is 2.89. The van der Waals surface area contributed by atoms with Gasteiger partial charge in [0.15, 0.2) is 0 Å². The van der Waals surface area contributed by atoms with Crippen LogP contribution in [0.15, 0.2) is 54.9 Å². The summed E-state index contributed by atoms with van der Waals surface area (Å²) < 4.78 is 1.74.